The number of aryl methyl sites for hydroxylation is 2. The summed E-state index contributed by atoms with van der Waals surface area (Å²) >= 11 is 0. The quantitative estimate of drug-likeness (QED) is 0.174. The molecule has 1 atom stereocenters. The lowest BCUT2D eigenvalue weighted by Gasteiger charge is -2.33. The van der Waals surface area contributed by atoms with Gasteiger partial charge in [-0.1, -0.05) is 130 Å². The van der Waals surface area contributed by atoms with E-state index in [2.05, 4.69) is 159 Å². The third kappa shape index (κ3) is 5.86. The zero-order valence-electron chi connectivity index (χ0n) is 24.4. The highest BCUT2D eigenvalue weighted by Crippen LogP contribution is 2.49. The second-order valence-corrected chi connectivity index (χ2v) is 14.2. The predicted molar refractivity (Wildman–Crippen MR) is 182 cm³/mol. The van der Waals surface area contributed by atoms with E-state index in [1.807, 2.05) is 0 Å². The van der Waals surface area contributed by atoms with E-state index in [1.54, 1.807) is 0 Å². The Hall–Kier alpha value is -3.04. The average Bonchev–Trinajstić information content (AvgIpc) is 2.96. The minimum absolute atomic E-state index is 0.0433. The number of hydrogen-bond donors (Lipinski definition) is 0. The van der Waals surface area contributed by atoms with Gasteiger partial charge in [-0.15, -0.1) is 9.24 Å². The van der Waals surface area contributed by atoms with E-state index >= 15 is 0 Å². The molecule has 1 unspecified atom stereocenters. The monoisotopic (exact) mass is 558 g/mol. The van der Waals surface area contributed by atoms with Crippen molar-refractivity contribution in [1.82, 2.24) is 0 Å². The Balaban J connectivity index is 1.85. The van der Waals surface area contributed by atoms with Crippen molar-refractivity contribution < 1.29 is 0 Å². The van der Waals surface area contributed by atoms with Crippen molar-refractivity contribution in [3.63, 3.8) is 0 Å². The Morgan fingerprint density at radius 3 is 1.57 bits per heavy atom. The summed E-state index contributed by atoms with van der Waals surface area (Å²) in [4.78, 5) is 0. The van der Waals surface area contributed by atoms with Crippen LogP contribution in [-0.4, -0.2) is 0 Å². The van der Waals surface area contributed by atoms with Crippen LogP contribution < -0.4 is 10.6 Å². The molecule has 0 N–H and O–H groups in total. The van der Waals surface area contributed by atoms with E-state index in [-0.39, 0.29) is 5.41 Å². The highest BCUT2D eigenvalue weighted by molar-refractivity contribution is 7.72. The summed E-state index contributed by atoms with van der Waals surface area (Å²) < 4.78 is 0. The maximum atomic E-state index is 3.04. The molecule has 2 heteroatoms. The van der Waals surface area contributed by atoms with Crippen LogP contribution in [0.1, 0.15) is 48.6 Å². The molecule has 0 radical (unpaired) electrons. The maximum Gasteiger partial charge on any atom is 0.00137 e. The molecular formula is C38H40P2. The van der Waals surface area contributed by atoms with Crippen LogP contribution >= 0.6 is 17.2 Å². The fourth-order valence-corrected chi connectivity index (χ4v) is 9.09. The molecule has 0 fully saturated rings. The first-order valence-electron chi connectivity index (χ1n) is 14.2. The van der Waals surface area contributed by atoms with Gasteiger partial charge in [-0.25, -0.2) is 0 Å². The maximum absolute atomic E-state index is 3.04. The van der Waals surface area contributed by atoms with Gasteiger partial charge in [-0.3, -0.25) is 0 Å². The Morgan fingerprint density at radius 2 is 1.10 bits per heavy atom. The molecule has 0 aliphatic carbocycles. The molecule has 0 nitrogen and oxygen atoms in total. The molecule has 0 heterocycles. The second kappa shape index (κ2) is 12.2. The van der Waals surface area contributed by atoms with Crippen molar-refractivity contribution >= 4 is 27.8 Å². The van der Waals surface area contributed by atoms with Gasteiger partial charge in [-0.05, 0) is 100 Å². The van der Waals surface area contributed by atoms with Crippen LogP contribution in [0.4, 0.5) is 0 Å². The topological polar surface area (TPSA) is 0 Å². The van der Waals surface area contributed by atoms with E-state index in [4.69, 9.17) is 0 Å². The van der Waals surface area contributed by atoms with Crippen LogP contribution in [0, 0.1) is 13.8 Å². The van der Waals surface area contributed by atoms with Crippen molar-refractivity contribution in [2.45, 2.75) is 52.4 Å². The van der Waals surface area contributed by atoms with Crippen molar-refractivity contribution in [3.8, 4) is 22.3 Å². The normalized spacial score (nSPS) is 11.7. The first-order chi connectivity index (χ1) is 19.3. The van der Waals surface area contributed by atoms with Gasteiger partial charge >= 0.3 is 0 Å². The minimum atomic E-state index is -0.609. The van der Waals surface area contributed by atoms with E-state index in [0.29, 0.717) is 0 Å². The molecule has 0 saturated carbocycles. The molecular weight excluding hydrogens is 518 g/mol. The van der Waals surface area contributed by atoms with Crippen LogP contribution in [-0.2, 0) is 17.7 Å². The van der Waals surface area contributed by atoms with Gasteiger partial charge in [0.05, 0.1) is 0 Å². The first kappa shape index (κ1) is 28.5. The Bertz CT molecular complexity index is 1550. The first-order valence-corrected chi connectivity index (χ1v) is 16.5. The summed E-state index contributed by atoms with van der Waals surface area (Å²) in [5, 5.41) is 2.96. The molecule has 5 rings (SSSR count). The van der Waals surface area contributed by atoms with Gasteiger partial charge in [0.2, 0.25) is 0 Å². The molecule has 0 bridgehead atoms. The number of hydrogen-bond acceptors (Lipinski definition) is 0. The molecule has 0 saturated heterocycles. The standard InChI is InChI=1S/C38H40P2/c1-27-16-12-14-22-34(27)40(35-23-15-13-17-28(35)2)26-33-31(25-39)24-32(29-18-8-6-9-19-29)36(37(33)38(3,4)5)30-20-10-7-11-21-30/h6-24H,25-26,39H2,1-5H3. The Kier molecular flexibility index (Phi) is 8.71. The third-order valence-electron chi connectivity index (χ3n) is 7.77. The SMILES string of the molecule is Cc1ccccc1P(Cc1c(CP)cc(-c2ccccc2)c(-c2ccccc2)c1C(C)(C)C)c1ccccc1C. The summed E-state index contributed by atoms with van der Waals surface area (Å²) in [6.45, 7) is 11.7. The summed E-state index contributed by atoms with van der Waals surface area (Å²) in [5.74, 6) is 0. The predicted octanol–water partition coefficient (Wildman–Crippen LogP) is 9.94. The van der Waals surface area contributed by atoms with Gasteiger partial charge < -0.3 is 0 Å². The van der Waals surface area contributed by atoms with E-state index in [0.717, 1.165) is 12.3 Å². The smallest absolute Gasteiger partial charge is 0.00137 e. The summed E-state index contributed by atoms with van der Waals surface area (Å²) in [7, 11) is 2.43. The van der Waals surface area contributed by atoms with Gasteiger partial charge in [-0.2, -0.15) is 0 Å². The van der Waals surface area contributed by atoms with Crippen molar-refractivity contribution in [2.24, 2.45) is 0 Å². The largest absolute Gasteiger partial charge is 0.133 e. The number of benzene rings is 5. The lowest BCUT2D eigenvalue weighted by atomic mass is 9.75. The molecule has 0 spiro atoms. The van der Waals surface area contributed by atoms with Crippen molar-refractivity contribution in [1.29, 1.82) is 0 Å². The molecule has 5 aromatic carbocycles. The molecule has 202 valence electrons. The van der Waals surface area contributed by atoms with Gasteiger partial charge in [0.25, 0.3) is 0 Å². The number of rotatable bonds is 7. The van der Waals surface area contributed by atoms with Crippen LogP contribution in [0.15, 0.2) is 115 Å². The summed E-state index contributed by atoms with van der Waals surface area (Å²) in [6, 6.07) is 42.5. The zero-order valence-corrected chi connectivity index (χ0v) is 26.5. The summed E-state index contributed by atoms with van der Waals surface area (Å²) in [5.41, 5.74) is 12.4. The molecule has 40 heavy (non-hydrogen) atoms. The Morgan fingerprint density at radius 1 is 0.625 bits per heavy atom. The van der Waals surface area contributed by atoms with Crippen molar-refractivity contribution in [3.05, 3.63) is 143 Å². The van der Waals surface area contributed by atoms with Gasteiger partial charge in [0.15, 0.2) is 0 Å². The van der Waals surface area contributed by atoms with E-state index in [1.165, 1.54) is 60.7 Å². The molecule has 0 aliphatic heterocycles. The zero-order chi connectivity index (χ0) is 28.3. The second-order valence-electron chi connectivity index (χ2n) is 11.7. The van der Waals surface area contributed by atoms with Crippen LogP contribution in [0.3, 0.4) is 0 Å². The van der Waals surface area contributed by atoms with Gasteiger partial charge in [0.1, 0.15) is 0 Å². The highest BCUT2D eigenvalue weighted by Gasteiger charge is 2.30. The fourth-order valence-electron chi connectivity index (χ4n) is 5.91. The van der Waals surface area contributed by atoms with Crippen LogP contribution in [0.5, 0.6) is 0 Å². The van der Waals surface area contributed by atoms with Crippen LogP contribution in [0.2, 0.25) is 0 Å². The van der Waals surface area contributed by atoms with Gasteiger partial charge in [0, 0.05) is 6.16 Å². The van der Waals surface area contributed by atoms with Crippen LogP contribution in [0.25, 0.3) is 22.3 Å². The van der Waals surface area contributed by atoms with Crippen molar-refractivity contribution in [2.75, 3.05) is 0 Å². The lowest BCUT2D eigenvalue weighted by molar-refractivity contribution is 0.586. The molecule has 0 aliphatic rings. The Labute approximate surface area is 244 Å². The van der Waals surface area contributed by atoms with E-state index < -0.39 is 7.92 Å². The molecule has 5 aromatic rings. The summed E-state index contributed by atoms with van der Waals surface area (Å²) in [6.07, 6.45) is 1.95. The fraction of sp³-hybridized carbons (Fsp3) is 0.211. The lowest BCUT2D eigenvalue weighted by Crippen LogP contribution is -2.22. The highest BCUT2D eigenvalue weighted by atomic mass is 31.1. The third-order valence-corrected chi connectivity index (χ3v) is 11.0. The molecule has 0 amide bonds. The minimum Gasteiger partial charge on any atom is -0.133 e. The average molecular weight is 559 g/mol. The van der Waals surface area contributed by atoms with E-state index in [9.17, 15) is 0 Å². The molecule has 0 aromatic heterocycles.